The maximum absolute atomic E-state index is 12.1. The Morgan fingerprint density at radius 1 is 0.407 bits per heavy atom. The van der Waals surface area contributed by atoms with Crippen LogP contribution in [0.3, 0.4) is 0 Å². The molecule has 6 rings (SSSR count). The van der Waals surface area contributed by atoms with Crippen LogP contribution in [-0.2, 0) is 173 Å². The lowest BCUT2D eigenvalue weighted by Crippen LogP contribution is -2.33. The van der Waals surface area contributed by atoms with Crippen molar-refractivity contribution in [3.05, 3.63) is 106 Å². The number of aliphatic hydroxyl groups is 2. The molecule has 0 bridgehead atoms. The monoisotopic (exact) mass is 2320 g/mol. The zero-order chi connectivity index (χ0) is 108. The number of rotatable bonds is 76. The van der Waals surface area contributed by atoms with Gasteiger partial charge in [0.15, 0.2) is 5.82 Å². The fourth-order valence-electron chi connectivity index (χ4n) is 10.9. The summed E-state index contributed by atoms with van der Waals surface area (Å²) in [7, 11) is -79.0. The highest BCUT2D eigenvalue weighted by Crippen LogP contribution is 2.73. The predicted molar refractivity (Wildman–Crippen MR) is 453 cm³/mol. The van der Waals surface area contributed by atoms with Crippen molar-refractivity contribution in [2.24, 2.45) is 5.11 Å². The van der Waals surface area contributed by atoms with Crippen LogP contribution < -0.4 is 96.6 Å². The van der Waals surface area contributed by atoms with Crippen molar-refractivity contribution in [1.82, 2.24) is 50.1 Å². The first kappa shape index (κ1) is 130. The van der Waals surface area contributed by atoms with E-state index < -0.39 is 180 Å². The first-order chi connectivity index (χ1) is 67.7. The third-order valence-corrected chi connectivity index (χ3v) is 35.1. The molecule has 2 aliphatic heterocycles. The molecule has 0 aliphatic carbocycles. The Labute approximate surface area is 820 Å². The van der Waals surface area contributed by atoms with E-state index in [9.17, 15) is 152 Å². The van der Waals surface area contributed by atoms with Crippen LogP contribution in [0.1, 0.15) is 106 Å². The third kappa shape index (κ3) is 56.8. The van der Waals surface area contributed by atoms with Crippen LogP contribution in [0, 0.1) is 20.8 Å². The molecule has 3 aromatic heterocycles. The smallest absolute Gasteiger partial charge is 0.330 e. The summed E-state index contributed by atoms with van der Waals surface area (Å²) in [6.07, 6.45) is -5.38. The average molecular weight is 2320 g/mol. The summed E-state index contributed by atoms with van der Waals surface area (Å²) < 4.78 is 255. The van der Waals surface area contributed by atoms with Crippen LogP contribution in [0.2, 0.25) is 0 Å². The average Bonchev–Trinajstić information content (AvgIpc) is 1.50. The molecule has 2 aliphatic rings. The van der Waals surface area contributed by atoms with E-state index in [1.54, 1.807) is 31.2 Å². The molecule has 830 valence electrons. The molecule has 2 saturated heterocycles. The van der Waals surface area contributed by atoms with Gasteiger partial charge in [-0.15, -0.1) is 20.4 Å². The van der Waals surface area contributed by atoms with Gasteiger partial charge in [0, 0.05) is 79.3 Å². The zero-order valence-electron chi connectivity index (χ0n) is 76.1. The molecular weight excluding hydrogens is 2220 g/mol. The Hall–Kier alpha value is -5.19. The molecular formula is C63H99N13O57P12-12. The predicted octanol–water partition coefficient (Wildman–Crippen LogP) is -3.95. The van der Waals surface area contributed by atoms with Gasteiger partial charge in [0.1, 0.15) is 37.0 Å². The summed E-state index contributed by atoms with van der Waals surface area (Å²) in [6.45, 7) is 6.07. The number of aliphatic hydroxyl groups excluding tert-OH is 2. The normalized spacial score (nSPS) is 21.0. The quantitative estimate of drug-likeness (QED) is 0.00808. The van der Waals surface area contributed by atoms with Crippen molar-refractivity contribution < 1.29 is 247 Å². The van der Waals surface area contributed by atoms with Gasteiger partial charge in [-0.25, -0.2) is 52.7 Å². The highest BCUT2D eigenvalue weighted by molar-refractivity contribution is 7.72. The Morgan fingerprint density at radius 2 is 0.697 bits per heavy atom. The number of nitrogens with one attached hydrogen (secondary N) is 4. The highest BCUT2D eigenvalue weighted by Gasteiger charge is 2.41. The summed E-state index contributed by atoms with van der Waals surface area (Å²) >= 11 is 0. The van der Waals surface area contributed by atoms with E-state index >= 15 is 0 Å². The fourth-order valence-corrected chi connectivity index (χ4v) is 25.9. The molecule has 0 radical (unpaired) electrons. The van der Waals surface area contributed by atoms with E-state index in [-0.39, 0.29) is 134 Å². The number of aromatic nitrogens is 8. The molecule has 0 saturated carbocycles. The van der Waals surface area contributed by atoms with E-state index in [0.717, 1.165) is 27.1 Å². The van der Waals surface area contributed by atoms with Gasteiger partial charge in [-0.2, -0.15) is 0 Å². The minimum Gasteiger partial charge on any atom is -0.756 e. The van der Waals surface area contributed by atoms with Gasteiger partial charge in [-0.05, 0) is 76.3 Å². The van der Waals surface area contributed by atoms with E-state index in [1.807, 2.05) is 9.97 Å². The number of benzene rings is 1. The minimum atomic E-state index is -6.96. The van der Waals surface area contributed by atoms with Crippen molar-refractivity contribution >= 4 is 106 Å². The topological polar surface area (TPSA) is 1020 Å². The van der Waals surface area contributed by atoms with Crippen LogP contribution in [-0.4, -0.2) is 244 Å². The number of amides is 2. The van der Waals surface area contributed by atoms with E-state index in [2.05, 4.69) is 102 Å². The summed E-state index contributed by atoms with van der Waals surface area (Å²) in [5.74, 6) is 0.924. The van der Waals surface area contributed by atoms with Gasteiger partial charge in [-0.3, -0.25) is 93.1 Å². The number of phosphoric acid groups is 12. The number of carbonyl (C=O) groups is 2. The minimum absolute atomic E-state index is 0.0418. The molecule has 1 aromatic carbocycles. The van der Waals surface area contributed by atoms with Crippen molar-refractivity contribution in [1.29, 1.82) is 0 Å². The van der Waals surface area contributed by atoms with Crippen molar-refractivity contribution in [3.63, 3.8) is 0 Å². The summed E-state index contributed by atoms with van der Waals surface area (Å²) in [5.41, 5.74) is 5.57. The molecule has 70 nitrogen and oxygen atoms in total. The molecule has 5 heterocycles. The van der Waals surface area contributed by atoms with Crippen LogP contribution in [0.15, 0.2) is 61.0 Å². The molecule has 4 aromatic rings. The van der Waals surface area contributed by atoms with E-state index in [1.165, 1.54) is 13.8 Å². The van der Waals surface area contributed by atoms with Crippen LogP contribution in [0.5, 0.6) is 5.75 Å². The fraction of sp³-hybridized carbons (Fsp3) is 0.714. The van der Waals surface area contributed by atoms with E-state index in [4.69, 9.17) is 57.6 Å². The van der Waals surface area contributed by atoms with Crippen molar-refractivity contribution in [2.75, 3.05) is 158 Å². The lowest BCUT2D eigenvalue weighted by molar-refractivity contribution is -0.264. The van der Waals surface area contributed by atoms with Gasteiger partial charge in [0.25, 0.3) is 105 Å². The Morgan fingerprint density at radius 3 is 1.02 bits per heavy atom. The summed E-state index contributed by atoms with van der Waals surface area (Å²) in [4.78, 5) is 222. The molecule has 82 heteroatoms. The van der Waals surface area contributed by atoms with E-state index in [0.29, 0.717) is 116 Å². The third-order valence-electron chi connectivity index (χ3n) is 17.2. The Bertz CT molecular complexity index is 5650. The largest absolute Gasteiger partial charge is 0.756 e. The SMILES string of the molecule is Cc1cn([C@H]2CC(O)[C@@H](COP(=O)([O-])OP(=O)([O-])OP(=O)([O-])OP(=O)([O-])OP(=O)([O-])OP(=O)([O-])OCCCCCCNC(=O)CCOCCOCCOCCOCCN=[N+]=[N-])O2)c(=O)[nH]c1=O.Cc1nnc(-c2ccc(OCCOCCOCCOCCOCCC(=O)NCCCCCCOP(=O)([O-])OP(=O)([O-])OP(=O)([O-])OP(=O)([O-])OP(=O)([O-])OP(=O)([O-])OC[C@H]3O[C@@H](n4cc(C)c(=O)[nH]c4=O)CC3O)cc2)nn1. The Kier molecular flexibility index (Phi) is 57.0. The molecule has 6 N–H and O–H groups in total. The van der Waals surface area contributed by atoms with Crippen molar-refractivity contribution in [3.8, 4) is 17.1 Å². The number of ether oxygens (including phenoxy) is 11. The number of hydrogen-bond acceptors (Lipinski definition) is 62. The number of H-pyrrole nitrogens is 2. The maximum atomic E-state index is 12.1. The van der Waals surface area contributed by atoms with Crippen molar-refractivity contribution in [2.45, 2.75) is 135 Å². The number of aryl methyl sites for hydroxylation is 3. The molecule has 2 fully saturated rings. The number of phosphoric ester groups is 4. The summed E-state index contributed by atoms with van der Waals surface area (Å²) in [6, 6.07) is 7.17. The standard InChI is InChI=1S/C36H59N7O29P6.C27H52N6O28P6/c1-26-24-43(36(47)38-35(26)46)33-23-30(44)31(67-33)25-66-74(50,51)69-76(54,55)71-78(58,59)72-77(56,57)70-75(52,53)68-73(48,49)65-13-6-4-3-5-12-37-32(45)11-14-60-15-16-61-17-18-62-19-20-63-21-22-64-29-9-7-28(8-10-29)34-41-39-27(2)40-42-34;1-21-19-33(27(37)31-26(21)36)25-18-22(34)23(56-25)20-55-63(40,41)58-65(44,45)60-67(48,49)61-66(46,47)59-64(42,43)57-62(38,39)54-9-5-3-2-4-7-29-24(35)6-10-50-12-14-52-16-17-53-15-13-51-11-8-30-32-28/h7-10,24,30-31,33,44H,3-6,11-23,25H2,1-2H3,(H,37,45)(H,48,49)(H,50,51)(H,52,53)(H,54,55)(H,56,57)(H,58,59)(H,38,46,47);19,22-23,25,34H,2-18,20H2,1H3,(H,29,35)(H,38,39)(H,40,41)(H,42,43)(H,44,45)(H,46,47)(H,48,49)(H,31,36,37)/p-12/t30?,31-,33-;22?,23-,25-/m11/s1. The van der Waals surface area contributed by atoms with Gasteiger partial charge in [0.2, 0.25) is 17.6 Å². The van der Waals surface area contributed by atoms with Gasteiger partial charge >= 0.3 is 11.4 Å². The first-order valence-corrected chi connectivity index (χ1v) is 59.4. The Balaban J connectivity index is 0.000000517. The lowest BCUT2D eigenvalue weighted by Gasteiger charge is -2.38. The van der Waals surface area contributed by atoms with Crippen LogP contribution in [0.25, 0.3) is 21.8 Å². The molecule has 0 spiro atoms. The number of azide groups is 1. The second kappa shape index (κ2) is 63.5. The summed E-state index contributed by atoms with van der Waals surface area (Å²) in [5, 5.41) is 44.8. The number of carbonyl (C=O) groups excluding carboxylic acids is 2. The molecule has 14 unspecified atom stereocenters. The van der Waals surface area contributed by atoms with Crippen LogP contribution in [0.4, 0.5) is 0 Å². The highest BCUT2D eigenvalue weighted by atomic mass is 31.3. The molecule has 145 heavy (non-hydrogen) atoms. The van der Waals surface area contributed by atoms with Gasteiger partial charge in [0.05, 0.1) is 144 Å². The number of unbranched alkanes of at least 4 members (excludes halogenated alkanes) is 6. The molecule has 2 amide bonds. The van der Waals surface area contributed by atoms with Gasteiger partial charge < -0.3 is 150 Å². The number of hydrogen-bond donors (Lipinski definition) is 6. The second-order valence-electron chi connectivity index (χ2n) is 28.8. The van der Waals surface area contributed by atoms with Gasteiger partial charge in [-0.1, -0.05) is 30.8 Å². The number of nitrogens with zero attached hydrogens (tertiary/aromatic N) is 9. The first-order valence-electron chi connectivity index (χ1n) is 41.9. The van der Waals surface area contributed by atoms with Crippen LogP contribution >= 0.6 is 93.9 Å². The lowest BCUT2D eigenvalue weighted by atomic mass is 10.2. The zero-order valence-corrected chi connectivity index (χ0v) is 86.9. The molecule has 18 atom stereocenters. The maximum Gasteiger partial charge on any atom is 0.330 e. The second-order valence-corrected chi connectivity index (χ2v) is 47.1. The number of aromatic amines is 2.